The summed E-state index contributed by atoms with van der Waals surface area (Å²) >= 11 is 0. The van der Waals surface area contributed by atoms with E-state index in [1.807, 2.05) is 6.92 Å². The van der Waals surface area contributed by atoms with Crippen LogP contribution in [0, 0.1) is 5.41 Å². The van der Waals surface area contributed by atoms with Gasteiger partial charge in [-0.15, -0.1) is 0 Å². The number of nitrogens with zero attached hydrogens (tertiary/aromatic N) is 3. The molecule has 1 N–H and O–H groups in total. The molecule has 2 heterocycles. The van der Waals surface area contributed by atoms with Crippen LogP contribution in [0.2, 0.25) is 0 Å². The van der Waals surface area contributed by atoms with E-state index in [9.17, 15) is 14.7 Å². The fraction of sp³-hybridized carbons (Fsp3) is 0.615. The van der Waals surface area contributed by atoms with Gasteiger partial charge in [-0.2, -0.15) is 5.10 Å². The van der Waals surface area contributed by atoms with E-state index < -0.39 is 11.4 Å². The number of carboxylic acid groups (broad SMARTS) is 1. The average Bonchev–Trinajstić information content (AvgIpc) is 2.84. The Morgan fingerprint density at radius 2 is 2.05 bits per heavy atom. The standard InChI is InChI=1S/C13H19N3O3/c1-3-13(12(18)19)5-8-16(9-6-13)11(17)10-4-7-14-15(10)2/h4,7H,3,5-6,8-9H2,1-2H3,(H,18,19). The van der Waals surface area contributed by atoms with Gasteiger partial charge in [0, 0.05) is 26.3 Å². The summed E-state index contributed by atoms with van der Waals surface area (Å²) in [5.41, 5.74) is -0.122. The molecular formula is C13H19N3O3. The molecule has 0 aliphatic carbocycles. The highest BCUT2D eigenvalue weighted by Gasteiger charge is 2.41. The number of carboxylic acids is 1. The van der Waals surface area contributed by atoms with Gasteiger partial charge in [-0.05, 0) is 25.3 Å². The van der Waals surface area contributed by atoms with E-state index in [2.05, 4.69) is 5.10 Å². The summed E-state index contributed by atoms with van der Waals surface area (Å²) < 4.78 is 1.54. The van der Waals surface area contributed by atoms with Crippen LogP contribution in [0.4, 0.5) is 0 Å². The number of carbonyl (C=O) groups is 2. The van der Waals surface area contributed by atoms with Crippen molar-refractivity contribution in [3.05, 3.63) is 18.0 Å². The second-order valence-corrected chi connectivity index (χ2v) is 5.07. The predicted octanol–water partition coefficient (Wildman–Crippen LogP) is 1.14. The summed E-state index contributed by atoms with van der Waals surface area (Å²) in [4.78, 5) is 25.3. The fourth-order valence-corrected chi connectivity index (χ4v) is 2.60. The highest BCUT2D eigenvalue weighted by Crippen LogP contribution is 2.35. The van der Waals surface area contributed by atoms with Gasteiger partial charge in [-0.3, -0.25) is 14.3 Å². The Hall–Kier alpha value is -1.85. The van der Waals surface area contributed by atoms with E-state index in [-0.39, 0.29) is 5.91 Å². The second-order valence-electron chi connectivity index (χ2n) is 5.07. The molecule has 6 heteroatoms. The summed E-state index contributed by atoms with van der Waals surface area (Å²) in [6.07, 6.45) is 3.23. The zero-order valence-electron chi connectivity index (χ0n) is 11.3. The smallest absolute Gasteiger partial charge is 0.309 e. The molecule has 1 aliphatic heterocycles. The largest absolute Gasteiger partial charge is 0.481 e. The first-order valence-electron chi connectivity index (χ1n) is 6.51. The van der Waals surface area contributed by atoms with Gasteiger partial charge in [0.2, 0.25) is 0 Å². The Morgan fingerprint density at radius 1 is 1.42 bits per heavy atom. The van der Waals surface area contributed by atoms with Crippen molar-refractivity contribution in [3.8, 4) is 0 Å². The van der Waals surface area contributed by atoms with Crippen molar-refractivity contribution in [2.24, 2.45) is 12.5 Å². The van der Waals surface area contributed by atoms with Crippen LogP contribution in [0.25, 0.3) is 0 Å². The van der Waals surface area contributed by atoms with Crippen LogP contribution in [-0.2, 0) is 11.8 Å². The summed E-state index contributed by atoms with van der Waals surface area (Å²) in [6, 6.07) is 1.68. The molecule has 104 valence electrons. The lowest BCUT2D eigenvalue weighted by Gasteiger charge is -2.38. The molecular weight excluding hydrogens is 246 g/mol. The predicted molar refractivity (Wildman–Crippen MR) is 68.7 cm³/mol. The van der Waals surface area contributed by atoms with Crippen LogP contribution in [0.1, 0.15) is 36.7 Å². The molecule has 2 rings (SSSR count). The van der Waals surface area contributed by atoms with Crippen molar-refractivity contribution in [3.63, 3.8) is 0 Å². The summed E-state index contributed by atoms with van der Waals surface area (Å²) in [7, 11) is 1.73. The van der Waals surface area contributed by atoms with Crippen molar-refractivity contribution in [2.75, 3.05) is 13.1 Å². The Kier molecular flexibility index (Phi) is 3.59. The zero-order valence-corrected chi connectivity index (χ0v) is 11.3. The first-order chi connectivity index (χ1) is 9.00. The minimum Gasteiger partial charge on any atom is -0.481 e. The van der Waals surface area contributed by atoms with Crippen LogP contribution >= 0.6 is 0 Å². The van der Waals surface area contributed by atoms with Gasteiger partial charge in [0.05, 0.1) is 5.41 Å². The van der Waals surface area contributed by atoms with Crippen molar-refractivity contribution < 1.29 is 14.7 Å². The van der Waals surface area contributed by atoms with Crippen molar-refractivity contribution >= 4 is 11.9 Å². The lowest BCUT2D eigenvalue weighted by atomic mass is 9.76. The third kappa shape index (κ3) is 2.34. The molecule has 0 aromatic carbocycles. The Labute approximate surface area is 112 Å². The minimum atomic E-state index is -0.748. The first-order valence-corrected chi connectivity index (χ1v) is 6.51. The quantitative estimate of drug-likeness (QED) is 0.889. The molecule has 0 radical (unpaired) electrons. The summed E-state index contributed by atoms with van der Waals surface area (Å²) in [5, 5.41) is 13.3. The molecule has 6 nitrogen and oxygen atoms in total. The highest BCUT2D eigenvalue weighted by molar-refractivity contribution is 5.92. The molecule has 1 amide bonds. The van der Waals surface area contributed by atoms with Crippen LogP contribution in [0.3, 0.4) is 0 Å². The molecule has 0 spiro atoms. The zero-order chi connectivity index (χ0) is 14.0. The number of aliphatic carboxylic acids is 1. The normalized spacial score (nSPS) is 18.3. The molecule has 0 unspecified atom stereocenters. The number of amides is 1. The van der Waals surface area contributed by atoms with E-state index in [1.54, 1.807) is 28.9 Å². The number of aromatic nitrogens is 2. The number of aryl methyl sites for hydroxylation is 1. The average molecular weight is 265 g/mol. The molecule has 1 aliphatic rings. The molecule has 1 fully saturated rings. The molecule has 0 saturated carbocycles. The van der Waals surface area contributed by atoms with Crippen LogP contribution in [0.15, 0.2) is 12.3 Å². The van der Waals surface area contributed by atoms with Gasteiger partial charge in [-0.25, -0.2) is 0 Å². The third-order valence-electron chi connectivity index (χ3n) is 4.18. The maximum absolute atomic E-state index is 12.3. The fourth-order valence-electron chi connectivity index (χ4n) is 2.60. The van der Waals surface area contributed by atoms with E-state index in [0.29, 0.717) is 38.0 Å². The number of carbonyl (C=O) groups excluding carboxylic acids is 1. The highest BCUT2D eigenvalue weighted by atomic mass is 16.4. The van der Waals surface area contributed by atoms with Crippen LogP contribution in [0.5, 0.6) is 0 Å². The van der Waals surface area contributed by atoms with Crippen LogP contribution < -0.4 is 0 Å². The maximum Gasteiger partial charge on any atom is 0.309 e. The number of likely N-dealkylation sites (tertiary alicyclic amines) is 1. The number of piperidine rings is 1. The Bertz CT molecular complexity index is 487. The number of rotatable bonds is 3. The minimum absolute atomic E-state index is 0.0740. The van der Waals surface area contributed by atoms with Gasteiger partial charge in [-0.1, -0.05) is 6.92 Å². The second kappa shape index (κ2) is 5.03. The van der Waals surface area contributed by atoms with E-state index in [0.717, 1.165) is 0 Å². The van der Waals surface area contributed by atoms with Crippen molar-refractivity contribution in [1.82, 2.24) is 14.7 Å². The number of hydrogen-bond donors (Lipinski definition) is 1. The van der Waals surface area contributed by atoms with Crippen molar-refractivity contribution in [2.45, 2.75) is 26.2 Å². The first kappa shape index (κ1) is 13.6. The lowest BCUT2D eigenvalue weighted by molar-refractivity contribution is -0.152. The topological polar surface area (TPSA) is 75.4 Å². The summed E-state index contributed by atoms with van der Waals surface area (Å²) in [5.74, 6) is -0.822. The lowest BCUT2D eigenvalue weighted by Crippen LogP contribution is -2.46. The SMILES string of the molecule is CCC1(C(=O)O)CCN(C(=O)c2ccnn2C)CC1. The van der Waals surface area contributed by atoms with E-state index >= 15 is 0 Å². The molecule has 1 saturated heterocycles. The molecule has 0 atom stereocenters. The van der Waals surface area contributed by atoms with Gasteiger partial charge in [0.25, 0.3) is 5.91 Å². The molecule has 1 aromatic rings. The molecule has 1 aromatic heterocycles. The van der Waals surface area contributed by atoms with Crippen LogP contribution in [-0.4, -0.2) is 44.8 Å². The van der Waals surface area contributed by atoms with E-state index in [4.69, 9.17) is 0 Å². The maximum atomic E-state index is 12.3. The molecule has 19 heavy (non-hydrogen) atoms. The van der Waals surface area contributed by atoms with Gasteiger partial charge < -0.3 is 10.0 Å². The molecule has 0 bridgehead atoms. The monoisotopic (exact) mass is 265 g/mol. The Balaban J connectivity index is 2.06. The number of hydrogen-bond acceptors (Lipinski definition) is 3. The Morgan fingerprint density at radius 3 is 2.47 bits per heavy atom. The van der Waals surface area contributed by atoms with Gasteiger partial charge in [0.15, 0.2) is 0 Å². The van der Waals surface area contributed by atoms with E-state index in [1.165, 1.54) is 0 Å². The summed E-state index contributed by atoms with van der Waals surface area (Å²) in [6.45, 7) is 2.88. The van der Waals surface area contributed by atoms with Gasteiger partial charge >= 0.3 is 5.97 Å². The third-order valence-corrected chi connectivity index (χ3v) is 4.18. The van der Waals surface area contributed by atoms with Crippen molar-refractivity contribution in [1.29, 1.82) is 0 Å². The van der Waals surface area contributed by atoms with Gasteiger partial charge in [0.1, 0.15) is 5.69 Å².